The van der Waals surface area contributed by atoms with Crippen LogP contribution in [-0.4, -0.2) is 28.9 Å². The zero-order chi connectivity index (χ0) is 19.6. The van der Waals surface area contributed by atoms with Crippen LogP contribution in [0.1, 0.15) is 24.3 Å². The molecule has 1 heterocycles. The minimum atomic E-state index is -0.942. The van der Waals surface area contributed by atoms with Crippen molar-refractivity contribution < 1.29 is 18.4 Å². The number of fused-ring (bicyclic) bond motifs is 1. The average Bonchev–Trinajstić information content (AvgIpc) is 3.10. The topological polar surface area (TPSA) is 74.8 Å². The maximum absolute atomic E-state index is 14.1. The second kappa shape index (κ2) is 7.65. The Hall–Kier alpha value is -3.09. The molecule has 2 atom stereocenters. The fraction of sp³-hybridized carbons (Fsp3) is 0.250. The normalized spacial score (nSPS) is 13.3. The van der Waals surface area contributed by atoms with Gasteiger partial charge in [0.2, 0.25) is 0 Å². The van der Waals surface area contributed by atoms with Crippen molar-refractivity contribution >= 4 is 23.1 Å². The summed E-state index contributed by atoms with van der Waals surface area (Å²) < 4.78 is 27.6. The summed E-state index contributed by atoms with van der Waals surface area (Å²) in [6.07, 6.45) is 0.848. The van der Waals surface area contributed by atoms with Gasteiger partial charge in [0.1, 0.15) is 6.29 Å². The number of hydrogen-bond acceptors (Lipinski definition) is 3. The first-order valence-corrected chi connectivity index (χ1v) is 8.58. The highest BCUT2D eigenvalue weighted by Gasteiger charge is 2.18. The smallest absolute Gasteiger partial charge is 0.272 e. The van der Waals surface area contributed by atoms with Crippen molar-refractivity contribution in [2.75, 3.05) is 6.54 Å². The van der Waals surface area contributed by atoms with E-state index in [1.54, 1.807) is 25.1 Å². The van der Waals surface area contributed by atoms with Crippen LogP contribution >= 0.6 is 0 Å². The lowest BCUT2D eigenvalue weighted by atomic mass is 9.97. The highest BCUT2D eigenvalue weighted by atomic mass is 19.2. The molecule has 2 aromatic carbocycles. The summed E-state index contributed by atoms with van der Waals surface area (Å²) in [5.41, 5.74) is 1.32. The molecular formula is C20H19F2N3O2. The van der Waals surface area contributed by atoms with Crippen LogP contribution in [0.3, 0.4) is 0 Å². The van der Waals surface area contributed by atoms with Crippen LogP contribution in [0, 0.1) is 23.5 Å². The minimum absolute atomic E-state index is 0.0198. The number of aromatic nitrogens is 2. The first kappa shape index (κ1) is 18.7. The molecule has 0 saturated carbocycles. The van der Waals surface area contributed by atoms with Gasteiger partial charge in [-0.15, -0.1) is 0 Å². The summed E-state index contributed by atoms with van der Waals surface area (Å²) in [7, 11) is 0. The number of benzene rings is 2. The zero-order valence-corrected chi connectivity index (χ0v) is 14.9. The van der Waals surface area contributed by atoms with E-state index in [4.69, 9.17) is 0 Å². The molecule has 2 unspecified atom stereocenters. The SMILES string of the molecule is CC(C=O)C(C)CNC(=O)c1n[nH]c2ccc(-c3cccc(F)c3F)cc12. The lowest BCUT2D eigenvalue weighted by molar-refractivity contribution is -0.111. The van der Waals surface area contributed by atoms with Gasteiger partial charge in [0.05, 0.1) is 5.52 Å². The summed E-state index contributed by atoms with van der Waals surface area (Å²) in [4.78, 5) is 23.3. The summed E-state index contributed by atoms with van der Waals surface area (Å²) in [6.45, 7) is 3.98. The fourth-order valence-electron chi connectivity index (χ4n) is 2.74. The van der Waals surface area contributed by atoms with Gasteiger partial charge >= 0.3 is 0 Å². The zero-order valence-electron chi connectivity index (χ0n) is 14.9. The van der Waals surface area contributed by atoms with Gasteiger partial charge in [-0.05, 0) is 29.7 Å². The number of amides is 1. The van der Waals surface area contributed by atoms with E-state index < -0.39 is 17.5 Å². The molecule has 0 spiro atoms. The van der Waals surface area contributed by atoms with Crippen LogP contribution in [0.15, 0.2) is 36.4 Å². The Morgan fingerprint density at radius 3 is 2.78 bits per heavy atom. The predicted octanol–water partition coefficient (Wildman–Crippen LogP) is 3.71. The van der Waals surface area contributed by atoms with Crippen LogP contribution < -0.4 is 5.32 Å². The Kier molecular flexibility index (Phi) is 5.30. The van der Waals surface area contributed by atoms with Crippen molar-refractivity contribution in [1.29, 1.82) is 0 Å². The first-order valence-electron chi connectivity index (χ1n) is 8.58. The van der Waals surface area contributed by atoms with Crippen molar-refractivity contribution in [3.05, 3.63) is 53.7 Å². The van der Waals surface area contributed by atoms with E-state index in [1.807, 2.05) is 6.92 Å². The number of halogens is 2. The maximum Gasteiger partial charge on any atom is 0.272 e. The average molecular weight is 371 g/mol. The van der Waals surface area contributed by atoms with E-state index in [0.717, 1.165) is 12.4 Å². The monoisotopic (exact) mass is 371 g/mol. The second-order valence-corrected chi connectivity index (χ2v) is 6.62. The number of aromatic amines is 1. The first-order chi connectivity index (χ1) is 12.9. The van der Waals surface area contributed by atoms with Crippen molar-refractivity contribution in [3.8, 4) is 11.1 Å². The van der Waals surface area contributed by atoms with Gasteiger partial charge in [0, 0.05) is 23.4 Å². The molecule has 0 aliphatic carbocycles. The fourth-order valence-corrected chi connectivity index (χ4v) is 2.74. The van der Waals surface area contributed by atoms with Crippen LogP contribution in [-0.2, 0) is 4.79 Å². The number of carbonyl (C=O) groups is 2. The molecular weight excluding hydrogens is 352 g/mol. The molecule has 0 radical (unpaired) electrons. The molecule has 7 heteroatoms. The predicted molar refractivity (Wildman–Crippen MR) is 98.2 cm³/mol. The summed E-state index contributed by atoms with van der Waals surface area (Å²) in [5, 5.41) is 10.1. The molecule has 0 bridgehead atoms. The van der Waals surface area contributed by atoms with Crippen molar-refractivity contribution in [3.63, 3.8) is 0 Å². The lowest BCUT2D eigenvalue weighted by Crippen LogP contribution is -2.31. The minimum Gasteiger partial charge on any atom is -0.350 e. The van der Waals surface area contributed by atoms with Crippen molar-refractivity contribution in [1.82, 2.24) is 15.5 Å². The highest BCUT2D eigenvalue weighted by Crippen LogP contribution is 2.28. The van der Waals surface area contributed by atoms with E-state index >= 15 is 0 Å². The van der Waals surface area contributed by atoms with E-state index in [0.29, 0.717) is 23.0 Å². The van der Waals surface area contributed by atoms with Gasteiger partial charge in [0.25, 0.3) is 5.91 Å². The molecule has 140 valence electrons. The van der Waals surface area contributed by atoms with Crippen molar-refractivity contribution in [2.45, 2.75) is 13.8 Å². The van der Waals surface area contributed by atoms with E-state index in [2.05, 4.69) is 15.5 Å². The Labute approximate surface area is 154 Å². The molecule has 0 aliphatic rings. The third-order valence-electron chi connectivity index (χ3n) is 4.74. The molecule has 2 N–H and O–H groups in total. The molecule has 0 fully saturated rings. The van der Waals surface area contributed by atoms with Crippen LogP contribution in [0.4, 0.5) is 8.78 Å². The molecule has 3 rings (SSSR count). The molecule has 5 nitrogen and oxygen atoms in total. The number of rotatable bonds is 6. The summed E-state index contributed by atoms with van der Waals surface area (Å²) >= 11 is 0. The second-order valence-electron chi connectivity index (χ2n) is 6.62. The van der Waals surface area contributed by atoms with E-state index in [-0.39, 0.29) is 23.1 Å². The maximum atomic E-state index is 14.1. The highest BCUT2D eigenvalue weighted by molar-refractivity contribution is 6.05. The molecule has 0 saturated heterocycles. The number of nitrogens with zero attached hydrogens (tertiary/aromatic N) is 1. The molecule has 3 aromatic rings. The van der Waals surface area contributed by atoms with Gasteiger partial charge in [-0.1, -0.05) is 32.0 Å². The Bertz CT molecular complexity index is 1000. The molecule has 1 aromatic heterocycles. The Morgan fingerprint density at radius 1 is 1.26 bits per heavy atom. The summed E-state index contributed by atoms with van der Waals surface area (Å²) in [6, 6.07) is 8.85. The van der Waals surface area contributed by atoms with Gasteiger partial charge in [-0.25, -0.2) is 8.78 Å². The third-order valence-corrected chi connectivity index (χ3v) is 4.74. The van der Waals surface area contributed by atoms with Crippen LogP contribution in [0.2, 0.25) is 0 Å². The number of H-pyrrole nitrogens is 1. The number of hydrogen-bond donors (Lipinski definition) is 2. The quantitative estimate of drug-likeness (QED) is 0.649. The van der Waals surface area contributed by atoms with Crippen LogP contribution in [0.5, 0.6) is 0 Å². The lowest BCUT2D eigenvalue weighted by Gasteiger charge is -2.14. The van der Waals surface area contributed by atoms with Crippen LogP contribution in [0.25, 0.3) is 22.0 Å². The molecule has 27 heavy (non-hydrogen) atoms. The molecule has 1 amide bonds. The standard InChI is InChI=1S/C20H19F2N3O2/c1-11(12(2)10-26)9-23-20(27)19-15-8-13(6-7-17(15)24-25-19)14-4-3-5-16(21)18(14)22/h3-8,10-12H,9H2,1-2H3,(H,23,27)(H,24,25). The van der Waals surface area contributed by atoms with E-state index in [1.165, 1.54) is 12.1 Å². The van der Waals surface area contributed by atoms with Crippen molar-refractivity contribution in [2.24, 2.45) is 11.8 Å². The Morgan fingerprint density at radius 2 is 2.04 bits per heavy atom. The van der Waals surface area contributed by atoms with E-state index in [9.17, 15) is 18.4 Å². The van der Waals surface area contributed by atoms with Gasteiger partial charge in [0.15, 0.2) is 17.3 Å². The number of carbonyl (C=O) groups excluding carboxylic acids is 2. The van der Waals surface area contributed by atoms with Gasteiger partial charge < -0.3 is 10.1 Å². The third kappa shape index (κ3) is 3.72. The van der Waals surface area contributed by atoms with Gasteiger partial charge in [-0.2, -0.15) is 5.10 Å². The Balaban J connectivity index is 1.90. The number of nitrogens with one attached hydrogen (secondary N) is 2. The molecule has 0 aliphatic heterocycles. The largest absolute Gasteiger partial charge is 0.350 e. The summed E-state index contributed by atoms with van der Waals surface area (Å²) in [5.74, 6) is -2.47. The van der Waals surface area contributed by atoms with Gasteiger partial charge in [-0.3, -0.25) is 9.89 Å². The number of aldehydes is 1.